The van der Waals surface area contributed by atoms with Crippen LogP contribution in [0.3, 0.4) is 0 Å². The lowest BCUT2D eigenvalue weighted by Crippen LogP contribution is -2.78. The molecule has 2 aliphatic heterocycles. The highest BCUT2D eigenvalue weighted by Crippen LogP contribution is 2.65. The fourth-order valence-corrected chi connectivity index (χ4v) is 8.30. The van der Waals surface area contributed by atoms with Crippen molar-refractivity contribution in [3.63, 3.8) is 0 Å². The van der Waals surface area contributed by atoms with E-state index in [1.807, 2.05) is 11.4 Å². The highest BCUT2D eigenvalue weighted by atomic mass is 35.5. The first-order valence-electron chi connectivity index (χ1n) is 12.8. The first-order chi connectivity index (χ1) is 16.5. The first kappa shape index (κ1) is 23.6. The number of benzene rings is 1. The van der Waals surface area contributed by atoms with Gasteiger partial charge in [0, 0.05) is 24.6 Å². The molecule has 2 aromatic rings. The van der Waals surface area contributed by atoms with E-state index in [0.29, 0.717) is 25.0 Å². The van der Waals surface area contributed by atoms with Crippen LogP contribution in [0.25, 0.3) is 0 Å². The second-order valence-electron chi connectivity index (χ2n) is 11.1. The van der Waals surface area contributed by atoms with E-state index in [1.165, 1.54) is 24.0 Å². The molecule has 3 heterocycles. The van der Waals surface area contributed by atoms with Crippen LogP contribution in [0.15, 0.2) is 29.0 Å². The average molecular weight is 517 g/mol. The number of aliphatic hydroxyl groups is 1. The van der Waals surface area contributed by atoms with E-state index < -0.39 is 11.0 Å². The molecule has 3 aliphatic carbocycles. The highest BCUT2D eigenvalue weighted by Gasteiger charge is 2.73. The predicted octanol–water partition coefficient (Wildman–Crippen LogP) is 3.56. The second kappa shape index (κ2) is 8.37. The maximum atomic E-state index is 12.9. The van der Waals surface area contributed by atoms with Gasteiger partial charge in [0.1, 0.15) is 6.10 Å². The molecule has 1 spiro atoms. The molecule has 0 unspecified atom stereocenters. The highest BCUT2D eigenvalue weighted by molar-refractivity contribution is 7.07. The summed E-state index contributed by atoms with van der Waals surface area (Å²) in [6.45, 7) is 1.99. The van der Waals surface area contributed by atoms with E-state index in [0.717, 1.165) is 43.8 Å². The largest absolute Gasteiger partial charge is 0.504 e. The number of aryl methyl sites for hydroxylation is 1. The number of carbonyl (C=O) groups excluding carboxylic acids is 1. The van der Waals surface area contributed by atoms with Gasteiger partial charge in [0.05, 0.1) is 17.1 Å². The Hall–Kier alpha value is -1.80. The Kier molecular flexibility index (Phi) is 5.64. The fourth-order valence-electron chi connectivity index (χ4n) is 7.60. The van der Waals surface area contributed by atoms with Gasteiger partial charge in [-0.25, -0.2) is 0 Å². The summed E-state index contributed by atoms with van der Waals surface area (Å²) in [6.07, 6.45) is 6.32. The summed E-state index contributed by atoms with van der Waals surface area (Å²) in [7, 11) is 0. The Morgan fingerprint density at radius 2 is 2.09 bits per heavy atom. The van der Waals surface area contributed by atoms with Gasteiger partial charge >= 0.3 is 0 Å². The molecule has 1 saturated heterocycles. The van der Waals surface area contributed by atoms with E-state index in [4.69, 9.17) is 4.74 Å². The fraction of sp³-hybridized carbons (Fsp3) is 0.593. The molecule has 1 aromatic carbocycles. The van der Waals surface area contributed by atoms with Crippen molar-refractivity contribution in [3.05, 3.63) is 45.6 Å². The number of hydrogen-bond donors (Lipinski definition) is 3. The minimum absolute atomic E-state index is 0. The van der Waals surface area contributed by atoms with Gasteiger partial charge in [-0.1, -0.05) is 6.07 Å². The van der Waals surface area contributed by atoms with Crippen molar-refractivity contribution >= 4 is 29.7 Å². The standard InChI is InChI=1S/C27H32N2O4S.ClH/c30-20-5-4-18-13-21-27(32)9-7-19(28-22(31)6-3-17-8-12-34-15-17)25-26(27,23(18)24(20)33-25)10-11-29(21)14-16-1-2-16;/h4-5,8,12,15-16,19,21,25,30,32H,1-3,6-7,9-11,13-14H2,(H,28,31);1H/t19-,21-,25+,26+,27-;/m1./s1. The molecule has 2 saturated carbocycles. The van der Waals surface area contributed by atoms with Crippen molar-refractivity contribution < 1.29 is 19.7 Å². The Labute approximate surface area is 216 Å². The Morgan fingerprint density at radius 3 is 2.86 bits per heavy atom. The molecule has 7 rings (SSSR count). The smallest absolute Gasteiger partial charge is 0.220 e. The van der Waals surface area contributed by atoms with Gasteiger partial charge in [0.2, 0.25) is 5.91 Å². The van der Waals surface area contributed by atoms with Crippen molar-refractivity contribution in [2.45, 2.75) is 80.6 Å². The SMILES string of the molecule is Cl.O=C(CCc1ccsc1)N[C@@H]1CC[C@@]2(O)[C@H]3Cc4ccc(O)c5c4[C@@]2(CCN3CC2CC2)[C@H]1O5. The van der Waals surface area contributed by atoms with E-state index in [1.54, 1.807) is 17.4 Å². The van der Waals surface area contributed by atoms with Crippen molar-refractivity contribution in [2.75, 3.05) is 13.1 Å². The van der Waals surface area contributed by atoms with Gasteiger partial charge in [-0.3, -0.25) is 9.69 Å². The average Bonchev–Trinajstić information content (AvgIpc) is 3.33. The third-order valence-electron chi connectivity index (χ3n) is 9.33. The van der Waals surface area contributed by atoms with E-state index in [9.17, 15) is 15.0 Å². The Balaban J connectivity index is 0.00000229. The van der Waals surface area contributed by atoms with Gasteiger partial charge in [-0.2, -0.15) is 11.3 Å². The van der Waals surface area contributed by atoms with Crippen LogP contribution in [0.4, 0.5) is 0 Å². The molecule has 0 radical (unpaired) electrons. The first-order valence-corrected chi connectivity index (χ1v) is 13.7. The minimum atomic E-state index is -0.908. The minimum Gasteiger partial charge on any atom is -0.504 e. The molecule has 2 bridgehead atoms. The number of aromatic hydroxyl groups is 1. The summed E-state index contributed by atoms with van der Waals surface area (Å²) in [4.78, 5) is 15.5. The zero-order valence-electron chi connectivity index (χ0n) is 19.7. The third-order valence-corrected chi connectivity index (χ3v) is 10.1. The number of ether oxygens (including phenoxy) is 1. The molecule has 5 atom stereocenters. The quantitative estimate of drug-likeness (QED) is 0.547. The molecule has 6 nitrogen and oxygen atoms in total. The Morgan fingerprint density at radius 1 is 1.23 bits per heavy atom. The van der Waals surface area contributed by atoms with Gasteiger partial charge in [0.15, 0.2) is 11.5 Å². The third kappa shape index (κ3) is 3.38. The van der Waals surface area contributed by atoms with E-state index >= 15 is 0 Å². The summed E-state index contributed by atoms with van der Waals surface area (Å²) in [5, 5.41) is 30.6. The molecule has 35 heavy (non-hydrogen) atoms. The van der Waals surface area contributed by atoms with Gasteiger partial charge in [-0.15, -0.1) is 12.4 Å². The van der Waals surface area contributed by atoms with Crippen molar-refractivity contribution in [1.82, 2.24) is 10.2 Å². The van der Waals surface area contributed by atoms with Crippen LogP contribution in [0.5, 0.6) is 11.5 Å². The number of halogens is 1. The lowest BCUT2D eigenvalue weighted by atomic mass is 9.48. The van der Waals surface area contributed by atoms with Crippen LogP contribution in [0.1, 0.15) is 55.2 Å². The van der Waals surface area contributed by atoms with E-state index in [2.05, 4.69) is 21.7 Å². The monoisotopic (exact) mass is 516 g/mol. The Bertz CT molecular complexity index is 1140. The summed E-state index contributed by atoms with van der Waals surface area (Å²) in [5.41, 5.74) is 1.90. The number of phenolic OH excluding ortho intramolecular Hbond substituents is 1. The topological polar surface area (TPSA) is 82.0 Å². The number of hydrogen-bond acceptors (Lipinski definition) is 6. The van der Waals surface area contributed by atoms with Gasteiger partial charge in [-0.05, 0) is 91.4 Å². The van der Waals surface area contributed by atoms with Crippen LogP contribution >= 0.6 is 23.7 Å². The van der Waals surface area contributed by atoms with Crippen LogP contribution in [-0.4, -0.2) is 57.9 Å². The maximum Gasteiger partial charge on any atom is 0.220 e. The lowest BCUT2D eigenvalue weighted by molar-refractivity contribution is -0.192. The molecular formula is C27H33ClN2O4S. The number of nitrogens with zero attached hydrogens (tertiary/aromatic N) is 1. The predicted molar refractivity (Wildman–Crippen MR) is 137 cm³/mol. The van der Waals surface area contributed by atoms with Crippen LogP contribution in [0.2, 0.25) is 0 Å². The number of rotatable bonds is 6. The number of likely N-dealkylation sites (tertiary alicyclic amines) is 1. The molecule has 8 heteroatoms. The second-order valence-corrected chi connectivity index (χ2v) is 11.9. The maximum absolute atomic E-state index is 12.9. The number of amides is 1. The zero-order valence-corrected chi connectivity index (χ0v) is 21.4. The number of nitrogens with one attached hydrogen (secondary N) is 1. The molecular weight excluding hydrogens is 484 g/mol. The summed E-state index contributed by atoms with van der Waals surface area (Å²) < 4.78 is 6.53. The van der Waals surface area contributed by atoms with Crippen molar-refractivity contribution in [3.8, 4) is 11.5 Å². The zero-order chi connectivity index (χ0) is 23.1. The molecule has 5 aliphatic rings. The van der Waals surface area contributed by atoms with E-state index in [-0.39, 0.29) is 42.3 Å². The molecule has 1 amide bonds. The number of piperidine rings is 1. The van der Waals surface area contributed by atoms with Crippen LogP contribution in [-0.2, 0) is 23.1 Å². The number of carbonyl (C=O) groups is 1. The molecule has 188 valence electrons. The lowest BCUT2D eigenvalue weighted by Gasteiger charge is -2.64. The molecule has 1 aromatic heterocycles. The van der Waals surface area contributed by atoms with Crippen molar-refractivity contribution in [2.24, 2.45) is 5.92 Å². The molecule has 3 fully saturated rings. The summed E-state index contributed by atoms with van der Waals surface area (Å²) in [6, 6.07) is 5.71. The summed E-state index contributed by atoms with van der Waals surface area (Å²) in [5.74, 6) is 1.48. The van der Waals surface area contributed by atoms with Crippen LogP contribution in [0, 0.1) is 5.92 Å². The van der Waals surface area contributed by atoms with Gasteiger partial charge < -0.3 is 20.3 Å². The van der Waals surface area contributed by atoms with Crippen LogP contribution < -0.4 is 10.1 Å². The molecule has 3 N–H and O–H groups in total. The number of phenols is 1. The normalized spacial score (nSPS) is 34.5. The summed E-state index contributed by atoms with van der Waals surface area (Å²) >= 11 is 1.65. The van der Waals surface area contributed by atoms with Gasteiger partial charge in [0.25, 0.3) is 0 Å². The van der Waals surface area contributed by atoms with Crippen molar-refractivity contribution in [1.29, 1.82) is 0 Å². The number of thiophene rings is 1.